The molecule has 1 aliphatic heterocycles. The van der Waals surface area contributed by atoms with Gasteiger partial charge in [0.25, 0.3) is 0 Å². The van der Waals surface area contributed by atoms with Crippen molar-refractivity contribution in [2.24, 2.45) is 5.92 Å². The third kappa shape index (κ3) is 5.14. The van der Waals surface area contributed by atoms with Crippen molar-refractivity contribution >= 4 is 11.6 Å². The van der Waals surface area contributed by atoms with Crippen molar-refractivity contribution in [1.82, 2.24) is 10.2 Å². The Morgan fingerprint density at radius 1 is 1.29 bits per heavy atom. The first-order valence-corrected chi connectivity index (χ1v) is 7.91. The molecule has 4 heteroatoms. The Morgan fingerprint density at radius 3 is 2.67 bits per heavy atom. The van der Waals surface area contributed by atoms with Crippen LogP contribution in [-0.4, -0.2) is 44.0 Å². The predicted octanol–water partition coefficient (Wildman–Crippen LogP) is 2.26. The van der Waals surface area contributed by atoms with E-state index < -0.39 is 0 Å². The van der Waals surface area contributed by atoms with Crippen LogP contribution < -0.4 is 10.6 Å². The molecule has 1 aromatic carbocycles. The van der Waals surface area contributed by atoms with Crippen LogP contribution in [0.4, 0.5) is 5.69 Å². The van der Waals surface area contributed by atoms with Crippen molar-refractivity contribution in [2.75, 3.05) is 38.5 Å². The summed E-state index contributed by atoms with van der Waals surface area (Å²) in [6, 6.07) is 7.91. The molecule has 116 valence electrons. The molecule has 1 heterocycles. The number of likely N-dealkylation sites (tertiary alicyclic amines) is 1. The minimum absolute atomic E-state index is 0.0953. The molecule has 0 aliphatic carbocycles. The summed E-state index contributed by atoms with van der Waals surface area (Å²) in [5.41, 5.74) is 2.03. The topological polar surface area (TPSA) is 44.4 Å². The lowest BCUT2D eigenvalue weighted by atomic mass is 9.93. The zero-order valence-corrected chi connectivity index (χ0v) is 13.2. The maximum absolute atomic E-state index is 12.1. The molecule has 4 nitrogen and oxygen atoms in total. The molecule has 1 fully saturated rings. The minimum Gasteiger partial charge on any atom is -0.325 e. The van der Waals surface area contributed by atoms with Crippen LogP contribution in [-0.2, 0) is 4.79 Å². The van der Waals surface area contributed by atoms with Gasteiger partial charge >= 0.3 is 0 Å². The quantitative estimate of drug-likeness (QED) is 0.844. The summed E-state index contributed by atoms with van der Waals surface area (Å²) in [7, 11) is 2.00. The van der Waals surface area contributed by atoms with Crippen LogP contribution in [0.2, 0.25) is 0 Å². The Bertz CT molecular complexity index is 453. The van der Waals surface area contributed by atoms with Crippen molar-refractivity contribution in [3.8, 4) is 0 Å². The van der Waals surface area contributed by atoms with E-state index in [1.54, 1.807) is 0 Å². The first-order valence-electron chi connectivity index (χ1n) is 7.91. The Hall–Kier alpha value is -1.39. The van der Waals surface area contributed by atoms with Gasteiger partial charge in [-0.25, -0.2) is 0 Å². The SMILES string of the molecule is CNCCC1CCN(CC(=O)Nc2ccccc2C)CC1. The highest BCUT2D eigenvalue weighted by molar-refractivity contribution is 5.92. The van der Waals surface area contributed by atoms with Crippen LogP contribution in [0.25, 0.3) is 0 Å². The number of nitrogens with zero attached hydrogens (tertiary/aromatic N) is 1. The van der Waals surface area contributed by atoms with Gasteiger partial charge in [-0.15, -0.1) is 0 Å². The molecule has 2 rings (SSSR count). The lowest BCUT2D eigenvalue weighted by Gasteiger charge is -2.31. The van der Waals surface area contributed by atoms with Gasteiger partial charge in [-0.3, -0.25) is 9.69 Å². The number of carbonyl (C=O) groups excluding carboxylic acids is 1. The molecule has 0 saturated carbocycles. The van der Waals surface area contributed by atoms with Crippen LogP contribution >= 0.6 is 0 Å². The third-order valence-electron chi connectivity index (χ3n) is 4.30. The zero-order valence-electron chi connectivity index (χ0n) is 13.2. The number of rotatable bonds is 6. The monoisotopic (exact) mass is 289 g/mol. The number of piperidine rings is 1. The summed E-state index contributed by atoms with van der Waals surface area (Å²) < 4.78 is 0. The summed E-state index contributed by atoms with van der Waals surface area (Å²) >= 11 is 0. The number of anilines is 1. The van der Waals surface area contributed by atoms with E-state index in [2.05, 4.69) is 15.5 Å². The molecule has 0 unspecified atom stereocenters. The fraction of sp³-hybridized carbons (Fsp3) is 0.588. The first kappa shape index (κ1) is 16.0. The second kappa shape index (κ2) is 8.15. The summed E-state index contributed by atoms with van der Waals surface area (Å²) in [5.74, 6) is 0.908. The molecule has 0 atom stereocenters. The molecule has 2 N–H and O–H groups in total. The smallest absolute Gasteiger partial charge is 0.238 e. The number of benzene rings is 1. The van der Waals surface area contributed by atoms with Gasteiger partial charge in [0.05, 0.1) is 6.54 Å². The molecule has 0 radical (unpaired) electrons. The van der Waals surface area contributed by atoms with E-state index in [9.17, 15) is 4.79 Å². The maximum atomic E-state index is 12.1. The van der Waals surface area contributed by atoms with Crippen LogP contribution in [0.15, 0.2) is 24.3 Å². The number of aryl methyl sites for hydroxylation is 1. The molecule has 1 aliphatic rings. The summed E-state index contributed by atoms with van der Waals surface area (Å²) in [6.07, 6.45) is 3.67. The maximum Gasteiger partial charge on any atom is 0.238 e. The van der Waals surface area contributed by atoms with Crippen molar-refractivity contribution in [3.63, 3.8) is 0 Å². The highest BCUT2D eigenvalue weighted by Crippen LogP contribution is 2.20. The standard InChI is InChI=1S/C17H27N3O/c1-14-5-3-4-6-16(14)19-17(21)13-20-11-8-15(9-12-20)7-10-18-2/h3-6,15,18H,7-13H2,1-2H3,(H,19,21). The van der Waals surface area contributed by atoms with Gasteiger partial charge in [0, 0.05) is 5.69 Å². The minimum atomic E-state index is 0.0953. The van der Waals surface area contributed by atoms with E-state index in [-0.39, 0.29) is 5.91 Å². The molecule has 21 heavy (non-hydrogen) atoms. The zero-order chi connectivity index (χ0) is 15.1. The second-order valence-corrected chi connectivity index (χ2v) is 5.97. The van der Waals surface area contributed by atoms with E-state index >= 15 is 0 Å². The van der Waals surface area contributed by atoms with Crippen LogP contribution in [0.3, 0.4) is 0 Å². The normalized spacial score (nSPS) is 16.9. The van der Waals surface area contributed by atoms with Crippen molar-refractivity contribution in [1.29, 1.82) is 0 Å². The third-order valence-corrected chi connectivity index (χ3v) is 4.30. The van der Waals surface area contributed by atoms with Gasteiger partial charge in [0.2, 0.25) is 5.91 Å². The molecular formula is C17H27N3O. The lowest BCUT2D eigenvalue weighted by Crippen LogP contribution is -2.39. The number of hydrogen-bond acceptors (Lipinski definition) is 3. The van der Waals surface area contributed by atoms with Gasteiger partial charge < -0.3 is 10.6 Å². The first-order chi connectivity index (χ1) is 10.2. The average molecular weight is 289 g/mol. The van der Waals surface area contributed by atoms with E-state index in [1.807, 2.05) is 38.2 Å². The molecule has 1 saturated heterocycles. The van der Waals surface area contributed by atoms with E-state index in [1.165, 1.54) is 19.3 Å². The van der Waals surface area contributed by atoms with Crippen LogP contribution in [0, 0.1) is 12.8 Å². The summed E-state index contributed by atoms with van der Waals surface area (Å²) in [5, 5.41) is 6.23. The second-order valence-electron chi connectivity index (χ2n) is 5.97. The fourth-order valence-corrected chi connectivity index (χ4v) is 2.89. The largest absolute Gasteiger partial charge is 0.325 e. The number of amides is 1. The van der Waals surface area contributed by atoms with E-state index in [4.69, 9.17) is 0 Å². The van der Waals surface area contributed by atoms with Gasteiger partial charge in [-0.05, 0) is 70.4 Å². The average Bonchev–Trinajstić information content (AvgIpc) is 2.49. The Labute approximate surface area is 127 Å². The Morgan fingerprint density at radius 2 is 2.00 bits per heavy atom. The molecular weight excluding hydrogens is 262 g/mol. The van der Waals surface area contributed by atoms with Gasteiger partial charge in [0.15, 0.2) is 0 Å². The number of nitrogens with one attached hydrogen (secondary N) is 2. The van der Waals surface area contributed by atoms with E-state index in [0.717, 1.165) is 36.8 Å². The Kier molecular flexibility index (Phi) is 6.21. The van der Waals surface area contributed by atoms with Crippen molar-refractivity contribution in [2.45, 2.75) is 26.2 Å². The van der Waals surface area contributed by atoms with Gasteiger partial charge in [0.1, 0.15) is 0 Å². The Balaban J connectivity index is 1.73. The summed E-state index contributed by atoms with van der Waals surface area (Å²) in [4.78, 5) is 14.4. The fourth-order valence-electron chi connectivity index (χ4n) is 2.89. The number of para-hydroxylation sites is 1. The number of carbonyl (C=O) groups is 1. The summed E-state index contributed by atoms with van der Waals surface area (Å²) in [6.45, 7) is 5.69. The number of hydrogen-bond donors (Lipinski definition) is 2. The van der Waals surface area contributed by atoms with Gasteiger partial charge in [-0.1, -0.05) is 18.2 Å². The molecule has 0 spiro atoms. The highest BCUT2D eigenvalue weighted by atomic mass is 16.2. The van der Waals surface area contributed by atoms with Crippen molar-refractivity contribution < 1.29 is 4.79 Å². The van der Waals surface area contributed by atoms with Crippen molar-refractivity contribution in [3.05, 3.63) is 29.8 Å². The van der Waals surface area contributed by atoms with E-state index in [0.29, 0.717) is 6.54 Å². The lowest BCUT2D eigenvalue weighted by molar-refractivity contribution is -0.117. The van der Waals surface area contributed by atoms with Crippen LogP contribution in [0.5, 0.6) is 0 Å². The molecule has 0 aromatic heterocycles. The van der Waals surface area contributed by atoms with Gasteiger partial charge in [-0.2, -0.15) is 0 Å². The van der Waals surface area contributed by atoms with Crippen LogP contribution in [0.1, 0.15) is 24.8 Å². The highest BCUT2D eigenvalue weighted by Gasteiger charge is 2.20. The molecule has 1 amide bonds. The molecule has 1 aromatic rings. The molecule has 0 bridgehead atoms. The predicted molar refractivity (Wildman–Crippen MR) is 87.5 cm³/mol.